The minimum Gasteiger partial charge on any atom is -0.376 e. The SMILES string of the molecule is NNC(C1COCCO1)C1CC1c1ccccc1. The fourth-order valence-corrected chi connectivity index (χ4v) is 2.92. The number of hydrogen-bond acceptors (Lipinski definition) is 4. The van der Waals surface area contributed by atoms with Crippen molar-refractivity contribution in [3.63, 3.8) is 0 Å². The Morgan fingerprint density at radius 2 is 2.06 bits per heavy atom. The third kappa shape index (κ3) is 2.42. The van der Waals surface area contributed by atoms with E-state index in [0.717, 1.165) is 0 Å². The zero-order valence-electron chi connectivity index (χ0n) is 10.4. The molecular formula is C14H20N2O2. The molecule has 0 amide bonds. The minimum absolute atomic E-state index is 0.0856. The Balaban J connectivity index is 1.64. The Labute approximate surface area is 107 Å². The number of benzene rings is 1. The van der Waals surface area contributed by atoms with Crippen LogP contribution < -0.4 is 11.3 Å². The second kappa shape index (κ2) is 5.36. The molecule has 3 N–H and O–H groups in total. The largest absolute Gasteiger partial charge is 0.376 e. The van der Waals surface area contributed by atoms with E-state index in [9.17, 15) is 0 Å². The van der Waals surface area contributed by atoms with E-state index in [-0.39, 0.29) is 12.1 Å². The summed E-state index contributed by atoms with van der Waals surface area (Å²) in [5, 5.41) is 0. The maximum Gasteiger partial charge on any atom is 0.0978 e. The molecule has 1 heterocycles. The highest BCUT2D eigenvalue weighted by Crippen LogP contribution is 2.50. The third-order valence-corrected chi connectivity index (χ3v) is 3.96. The van der Waals surface area contributed by atoms with Crippen LogP contribution in [0.5, 0.6) is 0 Å². The molecule has 1 aliphatic heterocycles. The van der Waals surface area contributed by atoms with E-state index in [4.69, 9.17) is 15.3 Å². The van der Waals surface area contributed by atoms with E-state index >= 15 is 0 Å². The van der Waals surface area contributed by atoms with Gasteiger partial charge in [0.15, 0.2) is 0 Å². The smallest absolute Gasteiger partial charge is 0.0978 e. The van der Waals surface area contributed by atoms with Crippen molar-refractivity contribution in [2.24, 2.45) is 11.8 Å². The molecule has 4 heteroatoms. The van der Waals surface area contributed by atoms with Gasteiger partial charge >= 0.3 is 0 Å². The predicted molar refractivity (Wildman–Crippen MR) is 69.0 cm³/mol. The second-order valence-electron chi connectivity index (χ2n) is 5.09. The van der Waals surface area contributed by atoms with Crippen LogP contribution in [0.3, 0.4) is 0 Å². The van der Waals surface area contributed by atoms with E-state index in [0.29, 0.717) is 31.7 Å². The monoisotopic (exact) mass is 248 g/mol. The number of hydrazine groups is 1. The highest BCUT2D eigenvalue weighted by Gasteiger charge is 2.47. The number of nitrogens with one attached hydrogen (secondary N) is 1. The lowest BCUT2D eigenvalue weighted by atomic mass is 10.0. The van der Waals surface area contributed by atoms with Crippen molar-refractivity contribution in [3.8, 4) is 0 Å². The van der Waals surface area contributed by atoms with Gasteiger partial charge in [-0.05, 0) is 23.8 Å². The molecule has 1 aromatic carbocycles. The van der Waals surface area contributed by atoms with Gasteiger partial charge in [0, 0.05) is 0 Å². The number of rotatable bonds is 4. The third-order valence-electron chi connectivity index (χ3n) is 3.96. The first-order valence-electron chi connectivity index (χ1n) is 6.60. The van der Waals surface area contributed by atoms with Crippen LogP contribution in [-0.4, -0.2) is 32.0 Å². The Morgan fingerprint density at radius 3 is 2.72 bits per heavy atom. The first-order chi connectivity index (χ1) is 8.90. The molecule has 4 nitrogen and oxygen atoms in total. The molecule has 1 aliphatic carbocycles. The quantitative estimate of drug-likeness (QED) is 0.617. The molecule has 0 aromatic heterocycles. The summed E-state index contributed by atoms with van der Waals surface area (Å²) in [6.45, 7) is 2.01. The standard InChI is InChI=1S/C14H20N2O2/c15-16-14(13-9-17-6-7-18-13)12-8-11(12)10-4-2-1-3-5-10/h1-5,11-14,16H,6-9,15H2. The first kappa shape index (κ1) is 12.1. The lowest BCUT2D eigenvalue weighted by Crippen LogP contribution is -2.51. The average Bonchev–Trinajstić information content (AvgIpc) is 3.22. The zero-order chi connectivity index (χ0) is 12.4. The van der Waals surface area contributed by atoms with Crippen molar-refractivity contribution in [1.29, 1.82) is 0 Å². The van der Waals surface area contributed by atoms with E-state index in [1.165, 1.54) is 12.0 Å². The zero-order valence-corrected chi connectivity index (χ0v) is 10.4. The van der Waals surface area contributed by atoms with E-state index in [1.807, 2.05) is 0 Å². The van der Waals surface area contributed by atoms with Crippen LogP contribution in [0.1, 0.15) is 17.9 Å². The topological polar surface area (TPSA) is 56.5 Å². The summed E-state index contributed by atoms with van der Waals surface area (Å²) < 4.78 is 11.2. The number of nitrogens with two attached hydrogens (primary N) is 1. The maximum atomic E-state index is 5.75. The molecule has 0 radical (unpaired) electrons. The van der Waals surface area contributed by atoms with Crippen molar-refractivity contribution in [2.45, 2.75) is 24.5 Å². The van der Waals surface area contributed by atoms with Crippen molar-refractivity contribution in [3.05, 3.63) is 35.9 Å². The maximum absolute atomic E-state index is 5.75. The van der Waals surface area contributed by atoms with Crippen LogP contribution in [0.25, 0.3) is 0 Å². The summed E-state index contributed by atoms with van der Waals surface area (Å²) >= 11 is 0. The molecule has 2 fully saturated rings. The van der Waals surface area contributed by atoms with Crippen molar-refractivity contribution >= 4 is 0 Å². The first-order valence-corrected chi connectivity index (χ1v) is 6.60. The van der Waals surface area contributed by atoms with Crippen molar-refractivity contribution in [2.75, 3.05) is 19.8 Å². The van der Waals surface area contributed by atoms with Gasteiger partial charge in [0.1, 0.15) is 0 Å². The van der Waals surface area contributed by atoms with Gasteiger partial charge in [-0.1, -0.05) is 30.3 Å². The van der Waals surface area contributed by atoms with Crippen LogP contribution in [0.4, 0.5) is 0 Å². The van der Waals surface area contributed by atoms with Crippen LogP contribution >= 0.6 is 0 Å². The molecule has 18 heavy (non-hydrogen) atoms. The van der Waals surface area contributed by atoms with E-state index < -0.39 is 0 Å². The molecule has 1 saturated carbocycles. The van der Waals surface area contributed by atoms with Crippen molar-refractivity contribution < 1.29 is 9.47 Å². The normalized spacial score (nSPS) is 33.1. The number of ether oxygens (including phenoxy) is 2. The molecule has 3 rings (SSSR count). The van der Waals surface area contributed by atoms with Crippen LogP contribution in [0, 0.1) is 5.92 Å². The van der Waals surface area contributed by atoms with Gasteiger partial charge in [0.25, 0.3) is 0 Å². The van der Waals surface area contributed by atoms with Gasteiger partial charge < -0.3 is 9.47 Å². The molecule has 0 spiro atoms. The summed E-state index contributed by atoms with van der Waals surface area (Å²) in [5.74, 6) is 6.87. The highest BCUT2D eigenvalue weighted by atomic mass is 16.6. The summed E-state index contributed by atoms with van der Waals surface area (Å²) in [7, 11) is 0. The van der Waals surface area contributed by atoms with Gasteiger partial charge in [0.2, 0.25) is 0 Å². The molecule has 1 aromatic rings. The Bertz CT molecular complexity index is 379. The molecule has 98 valence electrons. The molecule has 4 atom stereocenters. The van der Waals surface area contributed by atoms with Gasteiger partial charge in [0.05, 0.1) is 32.0 Å². The lowest BCUT2D eigenvalue weighted by Gasteiger charge is -2.30. The minimum atomic E-state index is 0.0856. The lowest BCUT2D eigenvalue weighted by molar-refractivity contribution is -0.104. The molecule has 1 saturated heterocycles. The van der Waals surface area contributed by atoms with Crippen LogP contribution in [0.2, 0.25) is 0 Å². The van der Waals surface area contributed by atoms with Crippen LogP contribution in [-0.2, 0) is 9.47 Å². The van der Waals surface area contributed by atoms with E-state index in [2.05, 4.69) is 35.8 Å². The number of hydrogen-bond donors (Lipinski definition) is 2. The van der Waals surface area contributed by atoms with Crippen molar-refractivity contribution in [1.82, 2.24) is 5.43 Å². The molecule has 2 aliphatic rings. The van der Waals surface area contributed by atoms with Gasteiger partial charge in [-0.15, -0.1) is 0 Å². The fourth-order valence-electron chi connectivity index (χ4n) is 2.92. The predicted octanol–water partition coefficient (Wildman–Crippen LogP) is 1.04. The highest BCUT2D eigenvalue weighted by molar-refractivity contribution is 5.27. The Hall–Kier alpha value is -0.940. The molecule has 4 unspecified atom stereocenters. The van der Waals surface area contributed by atoms with E-state index in [1.54, 1.807) is 0 Å². The average molecular weight is 248 g/mol. The summed E-state index contributed by atoms with van der Waals surface area (Å²) in [6, 6.07) is 10.8. The Kier molecular flexibility index (Phi) is 3.61. The van der Waals surface area contributed by atoms with Gasteiger partial charge in [-0.3, -0.25) is 11.3 Å². The summed E-state index contributed by atoms with van der Waals surface area (Å²) in [6.07, 6.45) is 1.26. The molecular weight excluding hydrogens is 228 g/mol. The molecule has 0 bridgehead atoms. The summed E-state index contributed by atoms with van der Waals surface area (Å²) in [5.41, 5.74) is 4.33. The van der Waals surface area contributed by atoms with Gasteiger partial charge in [-0.25, -0.2) is 0 Å². The Morgan fingerprint density at radius 1 is 1.22 bits per heavy atom. The summed E-state index contributed by atoms with van der Waals surface area (Å²) in [4.78, 5) is 0. The van der Waals surface area contributed by atoms with Crippen LogP contribution in [0.15, 0.2) is 30.3 Å². The fraction of sp³-hybridized carbons (Fsp3) is 0.571. The van der Waals surface area contributed by atoms with Gasteiger partial charge in [-0.2, -0.15) is 0 Å². The second-order valence-corrected chi connectivity index (χ2v) is 5.09.